The van der Waals surface area contributed by atoms with Gasteiger partial charge in [-0.15, -0.1) is 11.3 Å². The summed E-state index contributed by atoms with van der Waals surface area (Å²) < 4.78 is 28.3. The molecule has 0 aliphatic carbocycles. The van der Waals surface area contributed by atoms with Gasteiger partial charge in [0.1, 0.15) is 16.5 Å². The highest BCUT2D eigenvalue weighted by Crippen LogP contribution is 2.28. The molecule has 0 bridgehead atoms. The normalized spacial score (nSPS) is 11.1. The van der Waals surface area contributed by atoms with Gasteiger partial charge in [0, 0.05) is 12.6 Å². The van der Waals surface area contributed by atoms with Gasteiger partial charge in [-0.2, -0.15) is 0 Å². The maximum atomic E-state index is 13.7. The average molecular weight is 377 g/mol. The van der Waals surface area contributed by atoms with E-state index in [2.05, 4.69) is 10.3 Å². The summed E-state index contributed by atoms with van der Waals surface area (Å²) in [6, 6.07) is 2.91. The summed E-state index contributed by atoms with van der Waals surface area (Å²) in [5.41, 5.74) is 0.194. The molecule has 5 nitrogen and oxygen atoms in total. The topological polar surface area (TPSA) is 64.0 Å². The number of halogens is 2. The Hall–Kier alpha value is -2.61. The van der Waals surface area contributed by atoms with Gasteiger partial charge in [0.2, 0.25) is 0 Å². The van der Waals surface area contributed by atoms with Crippen molar-refractivity contribution >= 4 is 33.1 Å². The molecule has 3 rings (SSSR count). The Morgan fingerprint density at radius 1 is 1.35 bits per heavy atom. The number of nitrogens with zero attached hydrogens (tertiary/aromatic N) is 2. The summed E-state index contributed by atoms with van der Waals surface area (Å²) in [5.74, 6) is -2.15. The molecule has 2 aromatic heterocycles. The molecule has 8 heteroatoms. The predicted octanol–water partition coefficient (Wildman–Crippen LogP) is 4.10. The van der Waals surface area contributed by atoms with Crippen LogP contribution in [0.4, 0.5) is 14.5 Å². The van der Waals surface area contributed by atoms with Gasteiger partial charge >= 0.3 is 0 Å². The molecule has 0 saturated heterocycles. The molecule has 1 amide bonds. The molecule has 1 N–H and O–H groups in total. The van der Waals surface area contributed by atoms with Gasteiger partial charge < -0.3 is 5.32 Å². The van der Waals surface area contributed by atoms with Crippen molar-refractivity contribution in [2.45, 2.75) is 33.2 Å². The summed E-state index contributed by atoms with van der Waals surface area (Å²) in [4.78, 5) is 30.2. The number of hydrogen-bond acceptors (Lipinski definition) is 4. The number of aryl methyl sites for hydroxylation is 2. The van der Waals surface area contributed by atoms with E-state index < -0.39 is 17.5 Å². The van der Waals surface area contributed by atoms with Crippen LogP contribution in [0.15, 0.2) is 29.3 Å². The molecule has 0 atom stereocenters. The lowest BCUT2D eigenvalue weighted by Gasteiger charge is -2.06. The highest BCUT2D eigenvalue weighted by molar-refractivity contribution is 7.20. The molecule has 0 radical (unpaired) electrons. The molecule has 136 valence electrons. The van der Waals surface area contributed by atoms with E-state index >= 15 is 0 Å². The lowest BCUT2D eigenvalue weighted by Crippen LogP contribution is -2.20. The number of hydrogen-bond donors (Lipinski definition) is 1. The maximum absolute atomic E-state index is 13.7. The number of amides is 1. The monoisotopic (exact) mass is 377 g/mol. The lowest BCUT2D eigenvalue weighted by molar-refractivity contribution is 0.102. The van der Waals surface area contributed by atoms with Gasteiger partial charge in [-0.05, 0) is 31.0 Å². The summed E-state index contributed by atoms with van der Waals surface area (Å²) in [5, 5.41) is 2.82. The van der Waals surface area contributed by atoms with Gasteiger partial charge in [0.05, 0.1) is 22.3 Å². The first-order valence-corrected chi connectivity index (χ1v) is 8.99. The number of aromatic nitrogens is 2. The molecule has 0 aliphatic rings. The Morgan fingerprint density at radius 3 is 2.81 bits per heavy atom. The van der Waals surface area contributed by atoms with Crippen molar-refractivity contribution in [3.8, 4) is 0 Å². The highest BCUT2D eigenvalue weighted by atomic mass is 32.1. The van der Waals surface area contributed by atoms with Crippen LogP contribution in [-0.2, 0) is 6.54 Å². The number of rotatable bonds is 5. The molecule has 2 heterocycles. The van der Waals surface area contributed by atoms with Gasteiger partial charge in [-0.25, -0.2) is 13.8 Å². The highest BCUT2D eigenvalue weighted by Gasteiger charge is 2.20. The minimum atomic E-state index is -0.864. The van der Waals surface area contributed by atoms with Crippen LogP contribution in [0.5, 0.6) is 0 Å². The summed E-state index contributed by atoms with van der Waals surface area (Å²) in [7, 11) is 0. The Balaban J connectivity index is 1.97. The molecule has 1 aromatic carbocycles. The SMILES string of the molecule is CCCCn1cnc2sc(C(=O)Nc3ccc(F)cc3F)c(C)c2c1=O. The van der Waals surface area contributed by atoms with Gasteiger partial charge in [0.25, 0.3) is 11.5 Å². The minimum absolute atomic E-state index is 0.124. The smallest absolute Gasteiger partial charge is 0.266 e. The zero-order chi connectivity index (χ0) is 18.8. The second kappa shape index (κ2) is 7.33. The molecular formula is C18H17F2N3O2S. The van der Waals surface area contributed by atoms with Crippen molar-refractivity contribution in [3.63, 3.8) is 0 Å². The molecule has 26 heavy (non-hydrogen) atoms. The van der Waals surface area contributed by atoms with E-state index in [1.54, 1.807) is 6.92 Å². The Bertz CT molecular complexity index is 1040. The summed E-state index contributed by atoms with van der Waals surface area (Å²) >= 11 is 1.07. The van der Waals surface area contributed by atoms with E-state index in [9.17, 15) is 18.4 Å². The number of carbonyl (C=O) groups is 1. The predicted molar refractivity (Wildman–Crippen MR) is 97.8 cm³/mol. The Morgan fingerprint density at radius 2 is 2.12 bits per heavy atom. The van der Waals surface area contributed by atoms with Crippen LogP contribution in [-0.4, -0.2) is 15.5 Å². The number of benzene rings is 1. The molecule has 0 unspecified atom stereocenters. The van der Waals surface area contributed by atoms with Crippen molar-refractivity contribution in [1.82, 2.24) is 9.55 Å². The van der Waals surface area contributed by atoms with Crippen molar-refractivity contribution in [2.75, 3.05) is 5.32 Å². The van der Waals surface area contributed by atoms with Crippen molar-refractivity contribution in [1.29, 1.82) is 0 Å². The van der Waals surface area contributed by atoms with E-state index in [0.29, 0.717) is 28.4 Å². The fraction of sp³-hybridized carbons (Fsp3) is 0.278. The van der Waals surface area contributed by atoms with E-state index in [4.69, 9.17) is 0 Å². The second-order valence-corrected chi connectivity index (χ2v) is 6.91. The fourth-order valence-electron chi connectivity index (χ4n) is 2.63. The van der Waals surface area contributed by atoms with E-state index in [1.165, 1.54) is 10.9 Å². The van der Waals surface area contributed by atoms with Crippen molar-refractivity contribution in [2.24, 2.45) is 0 Å². The number of thiophene rings is 1. The number of carbonyl (C=O) groups excluding carboxylic acids is 1. The first-order valence-electron chi connectivity index (χ1n) is 8.17. The summed E-state index contributed by atoms with van der Waals surface area (Å²) in [6.45, 7) is 4.27. The second-order valence-electron chi connectivity index (χ2n) is 5.91. The standard InChI is InChI=1S/C18H17F2N3O2S/c1-3-4-7-23-9-21-17-14(18(23)25)10(2)15(26-17)16(24)22-13-6-5-11(19)8-12(13)20/h5-6,8-9H,3-4,7H2,1-2H3,(H,22,24). The molecule has 0 aliphatic heterocycles. The number of fused-ring (bicyclic) bond motifs is 1. The molecule has 3 aromatic rings. The van der Waals surface area contributed by atoms with Gasteiger partial charge in [-0.3, -0.25) is 14.2 Å². The van der Waals surface area contributed by atoms with Crippen LogP contribution < -0.4 is 10.9 Å². The Kier molecular flexibility index (Phi) is 5.13. The molecule has 0 saturated carbocycles. The largest absolute Gasteiger partial charge is 0.319 e. The van der Waals surface area contributed by atoms with Crippen LogP contribution in [0.25, 0.3) is 10.2 Å². The average Bonchev–Trinajstić information content (AvgIpc) is 2.94. The van der Waals surface area contributed by atoms with Crippen LogP contribution in [0.1, 0.15) is 35.0 Å². The summed E-state index contributed by atoms with van der Waals surface area (Å²) in [6.07, 6.45) is 3.29. The zero-order valence-corrected chi connectivity index (χ0v) is 15.1. The molecule has 0 spiro atoms. The van der Waals surface area contributed by atoms with E-state index in [1.807, 2.05) is 6.92 Å². The number of anilines is 1. The zero-order valence-electron chi connectivity index (χ0n) is 14.3. The van der Waals surface area contributed by atoms with E-state index in [-0.39, 0.29) is 16.1 Å². The first-order chi connectivity index (χ1) is 12.4. The van der Waals surface area contributed by atoms with Crippen molar-refractivity contribution in [3.05, 3.63) is 57.0 Å². The lowest BCUT2D eigenvalue weighted by atomic mass is 10.2. The van der Waals surface area contributed by atoms with Gasteiger partial charge in [-0.1, -0.05) is 13.3 Å². The number of nitrogens with one attached hydrogen (secondary N) is 1. The fourth-order valence-corrected chi connectivity index (χ4v) is 3.67. The molecular weight excluding hydrogens is 360 g/mol. The quantitative estimate of drug-likeness (QED) is 0.728. The first kappa shape index (κ1) is 18.2. The number of unbranched alkanes of at least 4 members (excludes halogenated alkanes) is 1. The maximum Gasteiger partial charge on any atom is 0.266 e. The third-order valence-electron chi connectivity index (χ3n) is 4.06. The van der Waals surface area contributed by atoms with Crippen LogP contribution >= 0.6 is 11.3 Å². The van der Waals surface area contributed by atoms with Crippen molar-refractivity contribution < 1.29 is 13.6 Å². The van der Waals surface area contributed by atoms with Crippen LogP contribution in [0.3, 0.4) is 0 Å². The minimum Gasteiger partial charge on any atom is -0.319 e. The third kappa shape index (κ3) is 3.37. The van der Waals surface area contributed by atoms with Gasteiger partial charge in [0.15, 0.2) is 0 Å². The third-order valence-corrected chi connectivity index (χ3v) is 5.25. The Labute approximate surface area is 152 Å². The van der Waals surface area contributed by atoms with Crippen LogP contribution in [0, 0.1) is 18.6 Å². The molecule has 0 fully saturated rings. The van der Waals surface area contributed by atoms with Crippen LogP contribution in [0.2, 0.25) is 0 Å². The van der Waals surface area contributed by atoms with E-state index in [0.717, 1.165) is 36.3 Å².